The number of carbonyl (C=O) groups excluding carboxylic acids is 2. The molecule has 1 saturated carbocycles. The van der Waals surface area contributed by atoms with Gasteiger partial charge < -0.3 is 19.7 Å². The van der Waals surface area contributed by atoms with E-state index in [-0.39, 0.29) is 11.8 Å². The van der Waals surface area contributed by atoms with Gasteiger partial charge in [-0.15, -0.1) is 0 Å². The first kappa shape index (κ1) is 15.4. The number of amides is 1. The molecule has 1 aliphatic carbocycles. The maximum absolute atomic E-state index is 12.2. The number of piperazine rings is 1. The van der Waals surface area contributed by atoms with Gasteiger partial charge in [0.25, 0.3) is 0 Å². The molecule has 1 aromatic carbocycles. The first-order chi connectivity index (χ1) is 10.5. The van der Waals surface area contributed by atoms with Gasteiger partial charge in [0.1, 0.15) is 0 Å². The fraction of sp³-hybridized carbons (Fsp3) is 0.467. The molecule has 0 spiro atoms. The van der Waals surface area contributed by atoms with E-state index in [0.29, 0.717) is 42.6 Å². The molecule has 0 N–H and O–H groups in total. The second-order valence-electron chi connectivity index (χ2n) is 5.68. The van der Waals surface area contributed by atoms with Crippen molar-refractivity contribution in [2.75, 3.05) is 31.1 Å². The standard InChI is InChI=1S/C15H16Cl2N2O3/c16-12-2-1-9(7-13(12)17)18-3-5-19(6-4-18)14(20)10-8-11(10)15(21)22/h1-2,7,10-11H,3-6,8H2,(H,21,22)/p-1/t10-,11+/m1/s1. The minimum Gasteiger partial charge on any atom is -0.550 e. The van der Waals surface area contributed by atoms with E-state index in [4.69, 9.17) is 23.2 Å². The predicted molar refractivity (Wildman–Crippen MR) is 81.9 cm³/mol. The van der Waals surface area contributed by atoms with Gasteiger partial charge in [-0.2, -0.15) is 0 Å². The van der Waals surface area contributed by atoms with Gasteiger partial charge in [-0.05, 0) is 24.6 Å². The van der Waals surface area contributed by atoms with Gasteiger partial charge in [-0.25, -0.2) is 0 Å². The highest BCUT2D eigenvalue weighted by Crippen LogP contribution is 2.39. The summed E-state index contributed by atoms with van der Waals surface area (Å²) in [4.78, 5) is 26.8. The van der Waals surface area contributed by atoms with Crippen molar-refractivity contribution in [2.24, 2.45) is 11.8 Å². The molecule has 5 nitrogen and oxygen atoms in total. The quantitative estimate of drug-likeness (QED) is 0.823. The third kappa shape index (κ3) is 3.01. The molecule has 3 rings (SSSR count). The highest BCUT2D eigenvalue weighted by molar-refractivity contribution is 6.42. The molecule has 22 heavy (non-hydrogen) atoms. The predicted octanol–water partition coefficient (Wildman–Crippen LogP) is 1.03. The Kier molecular flexibility index (Phi) is 4.19. The molecule has 1 aromatic rings. The number of aliphatic carboxylic acids is 1. The van der Waals surface area contributed by atoms with Gasteiger partial charge in [0.05, 0.1) is 10.0 Å². The summed E-state index contributed by atoms with van der Waals surface area (Å²) in [5, 5.41) is 11.8. The molecule has 2 aliphatic rings. The number of hydrogen-bond acceptors (Lipinski definition) is 4. The molecule has 118 valence electrons. The van der Waals surface area contributed by atoms with E-state index in [1.54, 1.807) is 11.0 Å². The van der Waals surface area contributed by atoms with Crippen molar-refractivity contribution in [3.63, 3.8) is 0 Å². The number of rotatable bonds is 3. The molecule has 0 unspecified atom stereocenters. The fourth-order valence-electron chi connectivity index (χ4n) is 2.83. The van der Waals surface area contributed by atoms with Crippen molar-refractivity contribution in [3.05, 3.63) is 28.2 Å². The fourth-order valence-corrected chi connectivity index (χ4v) is 3.12. The van der Waals surface area contributed by atoms with Crippen molar-refractivity contribution >= 4 is 40.8 Å². The summed E-state index contributed by atoms with van der Waals surface area (Å²) < 4.78 is 0. The number of halogens is 2. The first-order valence-electron chi connectivity index (χ1n) is 7.17. The molecule has 1 heterocycles. The lowest BCUT2D eigenvalue weighted by Crippen LogP contribution is -2.49. The lowest BCUT2D eigenvalue weighted by atomic mass is 10.2. The Labute approximate surface area is 138 Å². The number of benzene rings is 1. The monoisotopic (exact) mass is 341 g/mol. The van der Waals surface area contributed by atoms with E-state index >= 15 is 0 Å². The lowest BCUT2D eigenvalue weighted by molar-refractivity contribution is -0.308. The summed E-state index contributed by atoms with van der Waals surface area (Å²) in [5.41, 5.74) is 0.973. The summed E-state index contributed by atoms with van der Waals surface area (Å²) in [7, 11) is 0. The molecule has 1 aliphatic heterocycles. The zero-order chi connectivity index (χ0) is 15.9. The van der Waals surface area contributed by atoms with Crippen LogP contribution >= 0.6 is 23.2 Å². The maximum Gasteiger partial charge on any atom is 0.226 e. The molecule has 2 fully saturated rings. The van der Waals surface area contributed by atoms with Crippen LogP contribution in [0.5, 0.6) is 0 Å². The average Bonchev–Trinajstić information content (AvgIpc) is 3.30. The Hall–Kier alpha value is -1.46. The van der Waals surface area contributed by atoms with Crippen LogP contribution in [0.1, 0.15) is 6.42 Å². The summed E-state index contributed by atoms with van der Waals surface area (Å²) in [6, 6.07) is 5.47. The Bertz CT molecular complexity index is 615. The number of nitrogens with zero attached hydrogens (tertiary/aromatic N) is 2. The zero-order valence-corrected chi connectivity index (χ0v) is 13.3. The molecule has 2 atom stereocenters. The van der Waals surface area contributed by atoms with Gasteiger partial charge in [-0.1, -0.05) is 23.2 Å². The number of carboxylic acids is 1. The minimum atomic E-state index is -1.12. The highest BCUT2D eigenvalue weighted by Gasteiger charge is 2.46. The van der Waals surface area contributed by atoms with Crippen LogP contribution in [-0.4, -0.2) is 43.0 Å². The Morgan fingerprint density at radius 1 is 1.05 bits per heavy atom. The molecule has 7 heteroatoms. The highest BCUT2D eigenvalue weighted by atomic mass is 35.5. The Balaban J connectivity index is 1.57. The van der Waals surface area contributed by atoms with Crippen LogP contribution in [0.2, 0.25) is 10.0 Å². The lowest BCUT2D eigenvalue weighted by Gasteiger charge is -2.36. The van der Waals surface area contributed by atoms with Crippen LogP contribution in [-0.2, 0) is 9.59 Å². The molecular formula is C15H15Cl2N2O3-. The van der Waals surface area contributed by atoms with Crippen LogP contribution in [0.4, 0.5) is 5.69 Å². The maximum atomic E-state index is 12.2. The number of hydrogen-bond donors (Lipinski definition) is 0. The van der Waals surface area contributed by atoms with Crippen LogP contribution < -0.4 is 10.0 Å². The average molecular weight is 342 g/mol. The molecule has 0 aromatic heterocycles. The number of carboxylic acid groups (broad SMARTS) is 1. The zero-order valence-electron chi connectivity index (χ0n) is 11.8. The number of carbonyl (C=O) groups is 2. The third-order valence-electron chi connectivity index (χ3n) is 4.27. The van der Waals surface area contributed by atoms with Gasteiger partial charge in [0, 0.05) is 49.7 Å². The summed E-state index contributed by atoms with van der Waals surface area (Å²) in [6.07, 6.45) is 0.411. The van der Waals surface area contributed by atoms with E-state index in [1.807, 2.05) is 12.1 Å². The van der Waals surface area contributed by atoms with Crippen molar-refractivity contribution in [2.45, 2.75) is 6.42 Å². The summed E-state index contributed by atoms with van der Waals surface area (Å²) in [6.45, 7) is 2.53. The minimum absolute atomic E-state index is 0.0667. The van der Waals surface area contributed by atoms with Gasteiger partial charge in [0.15, 0.2) is 0 Å². The molecular weight excluding hydrogens is 327 g/mol. The van der Waals surface area contributed by atoms with Crippen LogP contribution in [0.15, 0.2) is 18.2 Å². The SMILES string of the molecule is O=C([O-])[C@H]1C[C@H]1C(=O)N1CCN(c2ccc(Cl)c(Cl)c2)CC1. The first-order valence-corrected chi connectivity index (χ1v) is 7.92. The second kappa shape index (κ2) is 5.97. The van der Waals surface area contributed by atoms with Gasteiger partial charge in [0.2, 0.25) is 5.91 Å². The second-order valence-corrected chi connectivity index (χ2v) is 6.49. The smallest absolute Gasteiger partial charge is 0.226 e. The van der Waals surface area contributed by atoms with Gasteiger partial charge in [-0.3, -0.25) is 4.79 Å². The Morgan fingerprint density at radius 3 is 2.27 bits per heavy atom. The van der Waals surface area contributed by atoms with Crippen LogP contribution in [0.25, 0.3) is 0 Å². The largest absolute Gasteiger partial charge is 0.550 e. The van der Waals surface area contributed by atoms with Crippen LogP contribution in [0, 0.1) is 11.8 Å². The topological polar surface area (TPSA) is 63.7 Å². The van der Waals surface area contributed by atoms with E-state index in [1.165, 1.54) is 0 Å². The van der Waals surface area contributed by atoms with E-state index in [2.05, 4.69) is 4.90 Å². The van der Waals surface area contributed by atoms with E-state index < -0.39 is 11.9 Å². The number of anilines is 1. The summed E-state index contributed by atoms with van der Waals surface area (Å²) in [5.74, 6) is -2.17. The van der Waals surface area contributed by atoms with E-state index in [9.17, 15) is 14.7 Å². The normalized spacial score (nSPS) is 24.3. The van der Waals surface area contributed by atoms with E-state index in [0.717, 1.165) is 5.69 Å². The molecule has 1 saturated heterocycles. The Morgan fingerprint density at radius 2 is 1.73 bits per heavy atom. The third-order valence-corrected chi connectivity index (χ3v) is 5.01. The summed E-state index contributed by atoms with van der Waals surface area (Å²) >= 11 is 11.9. The van der Waals surface area contributed by atoms with Crippen LogP contribution in [0.3, 0.4) is 0 Å². The van der Waals surface area contributed by atoms with Crippen molar-refractivity contribution < 1.29 is 14.7 Å². The molecule has 0 bridgehead atoms. The van der Waals surface area contributed by atoms with Crippen molar-refractivity contribution in [1.29, 1.82) is 0 Å². The molecule has 0 radical (unpaired) electrons. The van der Waals surface area contributed by atoms with Crippen molar-refractivity contribution in [1.82, 2.24) is 4.90 Å². The van der Waals surface area contributed by atoms with Crippen molar-refractivity contribution in [3.8, 4) is 0 Å². The molecule has 1 amide bonds. The van der Waals surface area contributed by atoms with Gasteiger partial charge >= 0.3 is 0 Å².